The molecule has 0 unspecified atom stereocenters. The van der Waals surface area contributed by atoms with Gasteiger partial charge in [0.15, 0.2) is 0 Å². The van der Waals surface area contributed by atoms with Crippen LogP contribution in [0.5, 0.6) is 0 Å². The zero-order valence-corrected chi connectivity index (χ0v) is 14.8. The molecule has 0 saturated carbocycles. The summed E-state index contributed by atoms with van der Waals surface area (Å²) < 4.78 is 7.88. The van der Waals surface area contributed by atoms with Gasteiger partial charge in [0, 0.05) is 24.2 Å². The summed E-state index contributed by atoms with van der Waals surface area (Å²) >= 11 is 0. The predicted molar refractivity (Wildman–Crippen MR) is 92.4 cm³/mol. The maximum Gasteiger partial charge on any atom is 0.253 e. The first kappa shape index (κ1) is 16.1. The van der Waals surface area contributed by atoms with Crippen LogP contribution in [0.15, 0.2) is 30.5 Å². The lowest BCUT2D eigenvalue weighted by Gasteiger charge is -2.41. The number of nitrogens with zero attached hydrogens (tertiary/aromatic N) is 8. The van der Waals surface area contributed by atoms with Crippen LogP contribution < -0.4 is 0 Å². The number of rotatable bonds is 2. The number of ether oxygens (including phenoxy) is 1. The molecule has 0 bridgehead atoms. The van der Waals surface area contributed by atoms with E-state index in [0.29, 0.717) is 31.1 Å². The van der Waals surface area contributed by atoms with Gasteiger partial charge in [0.1, 0.15) is 0 Å². The van der Waals surface area contributed by atoms with E-state index in [4.69, 9.17) is 4.74 Å². The minimum atomic E-state index is -0.0556. The van der Waals surface area contributed by atoms with Gasteiger partial charge in [0.2, 0.25) is 5.82 Å². The van der Waals surface area contributed by atoms with Gasteiger partial charge in [-0.25, -0.2) is 4.68 Å². The molecule has 0 aliphatic carbocycles. The van der Waals surface area contributed by atoms with Crippen molar-refractivity contribution >= 4 is 5.91 Å². The Morgan fingerprint density at radius 3 is 2.85 bits per heavy atom. The third-order valence-electron chi connectivity index (χ3n) is 5.12. The monoisotopic (exact) mass is 366 g/mol. The van der Waals surface area contributed by atoms with Gasteiger partial charge < -0.3 is 9.64 Å². The van der Waals surface area contributed by atoms with Gasteiger partial charge in [0.25, 0.3) is 5.91 Å². The topological polar surface area (TPSA) is 104 Å². The fourth-order valence-corrected chi connectivity index (χ4v) is 3.72. The Bertz CT molecular complexity index is 979. The van der Waals surface area contributed by atoms with Crippen LogP contribution in [-0.2, 0) is 18.4 Å². The lowest BCUT2D eigenvalue weighted by molar-refractivity contribution is -0.0627. The molecule has 0 spiro atoms. The normalized spacial score (nSPS) is 21.6. The van der Waals surface area contributed by atoms with Crippen molar-refractivity contribution in [3.63, 3.8) is 0 Å². The number of carbonyl (C=O) groups is 1. The molecule has 5 rings (SSSR count). The second kappa shape index (κ2) is 6.23. The summed E-state index contributed by atoms with van der Waals surface area (Å²) in [5.41, 5.74) is 2.45. The number of benzene rings is 1. The maximum atomic E-state index is 12.9. The summed E-state index contributed by atoms with van der Waals surface area (Å²) in [4.78, 5) is 16.2. The Labute approximate surface area is 154 Å². The number of aryl methyl sites for hydroxylation is 1. The van der Waals surface area contributed by atoms with Crippen LogP contribution in [0.1, 0.15) is 28.5 Å². The fraction of sp³-hybridized carbons (Fsp3) is 0.412. The zero-order chi connectivity index (χ0) is 18.4. The molecule has 2 aliphatic rings. The largest absolute Gasteiger partial charge is 0.368 e. The molecule has 138 valence electrons. The van der Waals surface area contributed by atoms with Crippen LogP contribution in [0, 0.1) is 0 Å². The first-order chi connectivity index (χ1) is 13.2. The summed E-state index contributed by atoms with van der Waals surface area (Å²) in [5.74, 6) is 0.539. The molecule has 10 nitrogen and oxygen atoms in total. The number of piperidine rings is 1. The molecule has 1 aromatic carbocycles. The summed E-state index contributed by atoms with van der Waals surface area (Å²) in [6.07, 6.45) is 2.48. The van der Waals surface area contributed by atoms with Gasteiger partial charge in [-0.3, -0.25) is 4.79 Å². The van der Waals surface area contributed by atoms with E-state index in [1.54, 1.807) is 25.4 Å². The number of tetrazole rings is 1. The number of likely N-dealkylation sites (tertiary alicyclic amines) is 1. The van der Waals surface area contributed by atoms with E-state index in [-0.39, 0.29) is 18.1 Å². The second-order valence-corrected chi connectivity index (χ2v) is 6.81. The molecule has 27 heavy (non-hydrogen) atoms. The SMILES string of the molecule is Cn1nnc(-c2ccc(C(=O)N3CC[C@H]4[C@H](C3)OCc3cnnn34)cc2)n1. The number of carbonyl (C=O) groups excluding carboxylic acids is 1. The molecule has 10 heteroatoms. The van der Waals surface area contributed by atoms with E-state index < -0.39 is 0 Å². The van der Waals surface area contributed by atoms with Crippen molar-refractivity contribution in [2.24, 2.45) is 7.05 Å². The van der Waals surface area contributed by atoms with Crippen molar-refractivity contribution in [1.82, 2.24) is 40.1 Å². The highest BCUT2D eigenvalue weighted by molar-refractivity contribution is 5.94. The van der Waals surface area contributed by atoms with Crippen LogP contribution in [0.3, 0.4) is 0 Å². The maximum absolute atomic E-state index is 12.9. The molecule has 2 aromatic heterocycles. The van der Waals surface area contributed by atoms with E-state index in [9.17, 15) is 4.79 Å². The molecule has 1 saturated heterocycles. The lowest BCUT2D eigenvalue weighted by Crippen LogP contribution is -2.50. The first-order valence-corrected chi connectivity index (χ1v) is 8.83. The summed E-state index contributed by atoms with van der Waals surface area (Å²) in [5, 5.41) is 20.1. The van der Waals surface area contributed by atoms with E-state index in [0.717, 1.165) is 17.7 Å². The van der Waals surface area contributed by atoms with Gasteiger partial charge in [0.05, 0.1) is 37.7 Å². The van der Waals surface area contributed by atoms with Crippen molar-refractivity contribution in [2.75, 3.05) is 13.1 Å². The van der Waals surface area contributed by atoms with E-state index in [1.165, 1.54) is 4.80 Å². The molecule has 1 fully saturated rings. The summed E-state index contributed by atoms with van der Waals surface area (Å²) in [6, 6.07) is 7.44. The first-order valence-electron chi connectivity index (χ1n) is 8.83. The van der Waals surface area contributed by atoms with Crippen LogP contribution in [0.2, 0.25) is 0 Å². The molecule has 4 heterocycles. The molecular weight excluding hydrogens is 348 g/mol. The van der Waals surface area contributed by atoms with E-state index >= 15 is 0 Å². The Balaban J connectivity index is 1.31. The molecule has 0 N–H and O–H groups in total. The van der Waals surface area contributed by atoms with Crippen molar-refractivity contribution < 1.29 is 9.53 Å². The number of fused-ring (bicyclic) bond motifs is 3. The fourth-order valence-electron chi connectivity index (χ4n) is 3.72. The number of amides is 1. The highest BCUT2D eigenvalue weighted by Gasteiger charge is 2.37. The predicted octanol–water partition coefficient (Wildman–Crippen LogP) is 0.455. The van der Waals surface area contributed by atoms with Crippen LogP contribution in [0.25, 0.3) is 11.4 Å². The highest BCUT2D eigenvalue weighted by Crippen LogP contribution is 2.31. The third kappa shape index (κ3) is 2.78. The Hall–Kier alpha value is -3.14. The lowest BCUT2D eigenvalue weighted by atomic mass is 9.99. The third-order valence-corrected chi connectivity index (χ3v) is 5.12. The van der Waals surface area contributed by atoms with Crippen molar-refractivity contribution in [1.29, 1.82) is 0 Å². The van der Waals surface area contributed by atoms with Gasteiger partial charge in [-0.15, -0.1) is 15.3 Å². The zero-order valence-electron chi connectivity index (χ0n) is 14.8. The van der Waals surface area contributed by atoms with Gasteiger partial charge in [-0.2, -0.15) is 4.80 Å². The standard InChI is InChI=1S/C17H18N8O2/c1-23-20-16(19-22-23)11-2-4-12(5-3-11)17(26)24-7-6-14-15(9-24)27-10-13-8-18-21-25(13)14/h2-5,8,14-15H,6-7,9-10H2,1H3/t14-,15-/m0/s1. The van der Waals surface area contributed by atoms with E-state index in [1.807, 2.05) is 21.7 Å². The molecule has 2 atom stereocenters. The van der Waals surface area contributed by atoms with Crippen molar-refractivity contribution in [3.8, 4) is 11.4 Å². The summed E-state index contributed by atoms with van der Waals surface area (Å²) in [6.45, 7) is 1.70. The highest BCUT2D eigenvalue weighted by atomic mass is 16.5. The van der Waals surface area contributed by atoms with Gasteiger partial charge in [-0.1, -0.05) is 17.3 Å². The van der Waals surface area contributed by atoms with Crippen LogP contribution >= 0.6 is 0 Å². The molecule has 0 radical (unpaired) electrons. The summed E-state index contributed by atoms with van der Waals surface area (Å²) in [7, 11) is 1.72. The minimum Gasteiger partial charge on any atom is -0.368 e. The molecule has 3 aromatic rings. The minimum absolute atomic E-state index is 0.0000855. The molecular formula is C17H18N8O2. The Morgan fingerprint density at radius 2 is 2.07 bits per heavy atom. The molecule has 2 aliphatic heterocycles. The average molecular weight is 366 g/mol. The number of hydrogen-bond donors (Lipinski definition) is 0. The van der Waals surface area contributed by atoms with Crippen LogP contribution in [0.4, 0.5) is 0 Å². The quantitative estimate of drug-likeness (QED) is 0.649. The number of aromatic nitrogens is 7. The van der Waals surface area contributed by atoms with Crippen molar-refractivity contribution in [2.45, 2.75) is 25.2 Å². The van der Waals surface area contributed by atoms with E-state index in [2.05, 4.69) is 25.7 Å². The molecule has 1 amide bonds. The van der Waals surface area contributed by atoms with Gasteiger partial charge >= 0.3 is 0 Å². The smallest absolute Gasteiger partial charge is 0.253 e. The second-order valence-electron chi connectivity index (χ2n) is 6.81. The average Bonchev–Trinajstić information content (AvgIpc) is 3.36. The van der Waals surface area contributed by atoms with Gasteiger partial charge in [-0.05, 0) is 23.8 Å². The Morgan fingerprint density at radius 1 is 1.22 bits per heavy atom. The van der Waals surface area contributed by atoms with Crippen LogP contribution in [-0.4, -0.2) is 65.2 Å². The number of hydrogen-bond acceptors (Lipinski definition) is 7. The van der Waals surface area contributed by atoms with Crippen molar-refractivity contribution in [3.05, 3.63) is 41.7 Å². The Kier molecular flexibility index (Phi) is 3.71.